The van der Waals surface area contributed by atoms with E-state index in [1.54, 1.807) is 0 Å². The molecule has 1 aromatic heterocycles. The van der Waals surface area contributed by atoms with Crippen LogP contribution in [0.25, 0.3) is 0 Å². The molecule has 0 radical (unpaired) electrons. The summed E-state index contributed by atoms with van der Waals surface area (Å²) in [6, 6.07) is 17.0. The molecule has 0 unspecified atom stereocenters. The second-order valence-corrected chi connectivity index (χ2v) is 7.50. The summed E-state index contributed by atoms with van der Waals surface area (Å²) in [5.41, 5.74) is 6.16. The van der Waals surface area contributed by atoms with E-state index in [1.165, 1.54) is 22.4 Å². The Kier molecular flexibility index (Phi) is 5.15. The van der Waals surface area contributed by atoms with Crippen molar-refractivity contribution in [2.45, 2.75) is 20.8 Å². The van der Waals surface area contributed by atoms with E-state index < -0.39 is 0 Å². The Bertz CT molecular complexity index is 961. The highest BCUT2D eigenvalue weighted by molar-refractivity contribution is 5.61. The molecule has 0 spiro atoms. The van der Waals surface area contributed by atoms with Gasteiger partial charge in [-0.1, -0.05) is 29.8 Å². The first-order valence-corrected chi connectivity index (χ1v) is 9.82. The number of aryl methyl sites for hydroxylation is 3. The summed E-state index contributed by atoms with van der Waals surface area (Å²) < 4.78 is 0. The van der Waals surface area contributed by atoms with Gasteiger partial charge in [0.2, 0.25) is 5.95 Å². The summed E-state index contributed by atoms with van der Waals surface area (Å²) in [7, 11) is 0. The predicted molar refractivity (Wildman–Crippen MR) is 117 cm³/mol. The minimum Gasteiger partial charge on any atom is -0.368 e. The Morgan fingerprint density at radius 3 is 2.32 bits per heavy atom. The predicted octanol–water partition coefficient (Wildman–Crippen LogP) is 4.47. The highest BCUT2D eigenvalue weighted by Crippen LogP contribution is 2.23. The van der Waals surface area contributed by atoms with E-state index in [-0.39, 0.29) is 0 Å². The Morgan fingerprint density at radius 2 is 1.57 bits per heavy atom. The maximum Gasteiger partial charge on any atom is 0.227 e. The number of aromatic nitrogens is 2. The van der Waals surface area contributed by atoms with Gasteiger partial charge in [0.1, 0.15) is 5.82 Å². The molecule has 1 N–H and O–H groups in total. The average Bonchev–Trinajstić information content (AvgIpc) is 2.71. The largest absolute Gasteiger partial charge is 0.368 e. The number of hydrogen-bond acceptors (Lipinski definition) is 5. The molecule has 1 fully saturated rings. The number of nitrogens with zero attached hydrogens (tertiary/aromatic N) is 4. The quantitative estimate of drug-likeness (QED) is 0.731. The Hall–Kier alpha value is -3.08. The van der Waals surface area contributed by atoms with Gasteiger partial charge in [-0.25, -0.2) is 4.98 Å². The van der Waals surface area contributed by atoms with Gasteiger partial charge >= 0.3 is 0 Å². The lowest BCUT2D eigenvalue weighted by Gasteiger charge is -2.36. The lowest BCUT2D eigenvalue weighted by Crippen LogP contribution is -2.47. The second kappa shape index (κ2) is 7.89. The van der Waals surface area contributed by atoms with Crippen molar-refractivity contribution in [1.29, 1.82) is 0 Å². The Labute approximate surface area is 167 Å². The number of piperazine rings is 1. The zero-order valence-electron chi connectivity index (χ0n) is 16.8. The normalized spacial score (nSPS) is 14.2. The van der Waals surface area contributed by atoms with Gasteiger partial charge in [-0.2, -0.15) is 4.98 Å². The van der Waals surface area contributed by atoms with E-state index in [1.807, 2.05) is 12.3 Å². The molecule has 5 heteroatoms. The van der Waals surface area contributed by atoms with E-state index in [9.17, 15) is 0 Å². The van der Waals surface area contributed by atoms with Crippen LogP contribution in [0.2, 0.25) is 0 Å². The maximum absolute atomic E-state index is 4.75. The molecule has 1 aliphatic heterocycles. The molecule has 28 heavy (non-hydrogen) atoms. The molecule has 1 saturated heterocycles. The van der Waals surface area contributed by atoms with E-state index in [4.69, 9.17) is 4.98 Å². The van der Waals surface area contributed by atoms with Crippen molar-refractivity contribution >= 4 is 23.1 Å². The fourth-order valence-electron chi connectivity index (χ4n) is 3.65. The maximum atomic E-state index is 4.75. The number of rotatable bonds is 4. The first-order chi connectivity index (χ1) is 13.6. The standard InChI is InChI=1S/C23H27N5/c1-17-5-4-6-20(16-17)27-11-13-28(14-12-27)23-24-10-9-22(26-23)25-21-8-7-18(2)15-19(21)3/h4-10,15-16H,11-14H2,1-3H3,(H,24,25,26). The second-order valence-electron chi connectivity index (χ2n) is 7.50. The SMILES string of the molecule is Cc1cccc(N2CCN(c3nccc(Nc4ccc(C)cc4C)n3)CC2)c1. The van der Waals surface area contributed by atoms with Crippen LogP contribution >= 0.6 is 0 Å². The molecule has 5 nitrogen and oxygen atoms in total. The number of anilines is 4. The van der Waals surface area contributed by atoms with Gasteiger partial charge in [-0.05, 0) is 56.2 Å². The first-order valence-electron chi connectivity index (χ1n) is 9.82. The summed E-state index contributed by atoms with van der Waals surface area (Å²) >= 11 is 0. The van der Waals surface area contributed by atoms with Crippen LogP contribution in [0.5, 0.6) is 0 Å². The van der Waals surface area contributed by atoms with Gasteiger partial charge in [0, 0.05) is 43.8 Å². The summed E-state index contributed by atoms with van der Waals surface area (Å²) in [6.45, 7) is 10.1. The summed E-state index contributed by atoms with van der Waals surface area (Å²) in [5.74, 6) is 1.62. The average molecular weight is 374 g/mol. The van der Waals surface area contributed by atoms with Crippen LogP contribution in [0.1, 0.15) is 16.7 Å². The molecule has 3 aromatic rings. The minimum absolute atomic E-state index is 0.790. The van der Waals surface area contributed by atoms with Crippen molar-refractivity contribution in [3.05, 3.63) is 71.4 Å². The van der Waals surface area contributed by atoms with Crippen molar-refractivity contribution in [2.75, 3.05) is 41.3 Å². The van der Waals surface area contributed by atoms with Crippen molar-refractivity contribution in [2.24, 2.45) is 0 Å². The monoisotopic (exact) mass is 373 g/mol. The van der Waals surface area contributed by atoms with Gasteiger partial charge in [0.25, 0.3) is 0 Å². The molecule has 2 heterocycles. The zero-order chi connectivity index (χ0) is 19.5. The van der Waals surface area contributed by atoms with Crippen molar-refractivity contribution < 1.29 is 0 Å². The Morgan fingerprint density at radius 1 is 0.821 bits per heavy atom. The lowest BCUT2D eigenvalue weighted by molar-refractivity contribution is 0.640. The molecule has 0 aliphatic carbocycles. The number of nitrogens with one attached hydrogen (secondary N) is 1. The fourth-order valence-corrected chi connectivity index (χ4v) is 3.65. The Balaban J connectivity index is 1.44. The molecule has 144 valence electrons. The number of hydrogen-bond donors (Lipinski definition) is 1. The fraction of sp³-hybridized carbons (Fsp3) is 0.304. The van der Waals surface area contributed by atoms with Crippen molar-refractivity contribution in [1.82, 2.24) is 9.97 Å². The van der Waals surface area contributed by atoms with Gasteiger partial charge in [-0.3, -0.25) is 0 Å². The van der Waals surface area contributed by atoms with Crippen LogP contribution in [0, 0.1) is 20.8 Å². The topological polar surface area (TPSA) is 44.3 Å². The van der Waals surface area contributed by atoms with Crippen LogP contribution in [0.4, 0.5) is 23.1 Å². The number of benzene rings is 2. The zero-order valence-corrected chi connectivity index (χ0v) is 16.8. The van der Waals surface area contributed by atoms with Gasteiger partial charge in [0.15, 0.2) is 0 Å². The van der Waals surface area contributed by atoms with E-state index in [0.29, 0.717) is 0 Å². The minimum atomic E-state index is 0.790. The van der Waals surface area contributed by atoms with E-state index in [0.717, 1.165) is 43.6 Å². The van der Waals surface area contributed by atoms with E-state index in [2.05, 4.69) is 83.3 Å². The van der Waals surface area contributed by atoms with Crippen LogP contribution in [0.3, 0.4) is 0 Å². The molecule has 0 bridgehead atoms. The smallest absolute Gasteiger partial charge is 0.227 e. The van der Waals surface area contributed by atoms with Gasteiger partial charge in [-0.15, -0.1) is 0 Å². The summed E-state index contributed by atoms with van der Waals surface area (Å²) in [6.07, 6.45) is 1.83. The molecular weight excluding hydrogens is 346 g/mol. The first kappa shape index (κ1) is 18.3. The molecule has 2 aromatic carbocycles. The molecule has 0 atom stereocenters. The van der Waals surface area contributed by atoms with Crippen LogP contribution in [-0.4, -0.2) is 36.1 Å². The van der Waals surface area contributed by atoms with E-state index >= 15 is 0 Å². The molecular formula is C23H27N5. The highest BCUT2D eigenvalue weighted by atomic mass is 15.3. The summed E-state index contributed by atoms with van der Waals surface area (Å²) in [5, 5.41) is 3.43. The lowest BCUT2D eigenvalue weighted by atomic mass is 10.1. The molecule has 0 amide bonds. The van der Waals surface area contributed by atoms with Crippen molar-refractivity contribution in [3.8, 4) is 0 Å². The van der Waals surface area contributed by atoms with Crippen LogP contribution in [0.15, 0.2) is 54.7 Å². The third-order valence-corrected chi connectivity index (χ3v) is 5.22. The highest BCUT2D eigenvalue weighted by Gasteiger charge is 2.19. The third-order valence-electron chi connectivity index (χ3n) is 5.22. The van der Waals surface area contributed by atoms with Gasteiger partial charge in [0.05, 0.1) is 0 Å². The third kappa shape index (κ3) is 4.09. The van der Waals surface area contributed by atoms with Crippen molar-refractivity contribution in [3.63, 3.8) is 0 Å². The molecule has 1 aliphatic rings. The summed E-state index contributed by atoms with van der Waals surface area (Å²) in [4.78, 5) is 14.0. The van der Waals surface area contributed by atoms with Crippen LogP contribution in [-0.2, 0) is 0 Å². The van der Waals surface area contributed by atoms with Gasteiger partial charge < -0.3 is 15.1 Å². The molecule has 0 saturated carbocycles. The molecule has 4 rings (SSSR count). The van der Waals surface area contributed by atoms with Crippen LogP contribution < -0.4 is 15.1 Å².